The number of aryl methyl sites for hydroxylation is 4. The van der Waals surface area contributed by atoms with Gasteiger partial charge >= 0.3 is 70.8 Å². The van der Waals surface area contributed by atoms with Gasteiger partial charge in [-0.3, -0.25) is 0 Å². The van der Waals surface area contributed by atoms with Gasteiger partial charge < -0.3 is 0 Å². The summed E-state index contributed by atoms with van der Waals surface area (Å²) in [4.78, 5) is 0. The van der Waals surface area contributed by atoms with Crippen molar-refractivity contribution >= 4 is 35.4 Å². The summed E-state index contributed by atoms with van der Waals surface area (Å²) in [5.41, 5.74) is 6.27. The number of halogens is 2. The first-order chi connectivity index (χ1) is 13.2. The van der Waals surface area contributed by atoms with Crippen LogP contribution in [0.25, 0.3) is 0 Å². The van der Waals surface area contributed by atoms with E-state index in [0.29, 0.717) is 0 Å². The molecule has 154 valence electrons. The minimum Gasteiger partial charge on any atom is -0.210 e. The second-order valence-electron chi connectivity index (χ2n) is 7.56. The Labute approximate surface area is 204 Å². The second-order valence-corrected chi connectivity index (χ2v) is 14.9. The van der Waals surface area contributed by atoms with E-state index in [9.17, 15) is 0 Å². The molecule has 3 aromatic rings. The number of hydrogen-bond donors (Lipinski definition) is 0. The Kier molecular flexibility index (Phi) is 13.4. The van der Waals surface area contributed by atoms with E-state index >= 15 is 0 Å². The van der Waals surface area contributed by atoms with E-state index in [2.05, 4.69) is 73.3 Å². The first-order valence-electron chi connectivity index (χ1n) is 10.3. The zero-order valence-electron chi connectivity index (χ0n) is 17.3. The maximum Gasteiger partial charge on any atom is -0.0512 e. The smallest absolute Gasteiger partial charge is 0.0512 e. The Bertz CT molecular complexity index is 748. The van der Waals surface area contributed by atoms with Crippen LogP contribution >= 0.6 is 24.8 Å². The molecule has 0 radical (unpaired) electrons. The van der Waals surface area contributed by atoms with Crippen molar-refractivity contribution in [3.05, 3.63) is 89.0 Å². The van der Waals surface area contributed by atoms with Crippen molar-refractivity contribution in [2.45, 2.75) is 57.9 Å². The molecule has 0 heterocycles. The van der Waals surface area contributed by atoms with Crippen LogP contribution < -0.4 is 5.19 Å². The molecule has 0 spiro atoms. The van der Waals surface area contributed by atoms with Gasteiger partial charge in [0.2, 0.25) is 0 Å². The van der Waals surface area contributed by atoms with E-state index in [-0.39, 0.29) is 30.2 Å². The van der Waals surface area contributed by atoms with Crippen LogP contribution in [0.5, 0.6) is 0 Å². The number of fused-ring (bicyclic) bond motifs is 2. The van der Waals surface area contributed by atoms with Crippen LogP contribution in [0, 0.1) is 0 Å². The first kappa shape index (κ1) is 26.6. The fourth-order valence-electron chi connectivity index (χ4n) is 3.91. The minimum absolute atomic E-state index is 0. The largest absolute Gasteiger partial charge is 0.210 e. The van der Waals surface area contributed by atoms with Gasteiger partial charge in [0.15, 0.2) is 0 Å². The van der Waals surface area contributed by atoms with Gasteiger partial charge in [-0.1, -0.05) is 51.4 Å². The average molecular weight is 523 g/mol. The zero-order valence-corrected chi connectivity index (χ0v) is 22.4. The summed E-state index contributed by atoms with van der Waals surface area (Å²) >= 11 is 1.69. The van der Waals surface area contributed by atoms with Gasteiger partial charge in [-0.25, -0.2) is 12.1 Å². The molecule has 2 aliphatic rings. The quantitative estimate of drug-likeness (QED) is 0.254. The number of benzene rings is 1. The van der Waals surface area contributed by atoms with E-state index in [4.69, 9.17) is 0 Å². The minimum atomic E-state index is -0.122. The molecule has 0 saturated carbocycles. The fourth-order valence-corrected chi connectivity index (χ4v) is 5.84. The normalized spacial score (nSPS) is 13.6. The molecule has 0 saturated heterocycles. The van der Waals surface area contributed by atoms with Gasteiger partial charge in [-0.15, -0.1) is 24.8 Å². The van der Waals surface area contributed by atoms with Gasteiger partial charge in [0.1, 0.15) is 0 Å². The van der Waals surface area contributed by atoms with Crippen molar-refractivity contribution < 1.29 is 23.3 Å². The van der Waals surface area contributed by atoms with Crippen molar-refractivity contribution in [1.29, 1.82) is 0 Å². The molecule has 29 heavy (non-hydrogen) atoms. The molecule has 4 heteroatoms. The molecule has 0 nitrogen and oxygen atoms in total. The molecule has 2 aliphatic carbocycles. The Morgan fingerprint density at radius 3 is 1.52 bits per heavy atom. The predicted octanol–water partition coefficient (Wildman–Crippen LogP) is 6.47. The molecule has 0 aromatic heterocycles. The summed E-state index contributed by atoms with van der Waals surface area (Å²) in [6.45, 7) is 2.35. The topological polar surface area (TPSA) is 0 Å². The van der Waals surface area contributed by atoms with Gasteiger partial charge in [-0.2, -0.15) is 46.5 Å². The van der Waals surface area contributed by atoms with Crippen LogP contribution in [0.2, 0.25) is 6.55 Å². The first-order valence-corrected chi connectivity index (χ1v) is 16.0. The third-order valence-electron chi connectivity index (χ3n) is 5.51. The van der Waals surface area contributed by atoms with Gasteiger partial charge in [0, 0.05) is 0 Å². The molecule has 0 aliphatic heterocycles. The molecular weight excluding hydrogens is 490 g/mol. The third kappa shape index (κ3) is 8.70. The Morgan fingerprint density at radius 2 is 1.14 bits per heavy atom. The van der Waals surface area contributed by atoms with Gasteiger partial charge in [0.25, 0.3) is 0 Å². The van der Waals surface area contributed by atoms with Gasteiger partial charge in [-0.05, 0) is 0 Å². The van der Waals surface area contributed by atoms with Crippen molar-refractivity contribution in [2.24, 2.45) is 0 Å². The Morgan fingerprint density at radius 1 is 0.690 bits per heavy atom. The summed E-state index contributed by atoms with van der Waals surface area (Å²) in [6.07, 6.45) is 10.9. The fraction of sp³-hybridized carbons (Fsp3) is 0.360. The van der Waals surface area contributed by atoms with Crippen molar-refractivity contribution in [1.82, 2.24) is 0 Å². The summed E-state index contributed by atoms with van der Waals surface area (Å²) in [7, 11) is 0. The maximum atomic E-state index is 2.35. The Hall–Kier alpha value is -0.400. The van der Waals surface area contributed by atoms with Crippen LogP contribution in [0.4, 0.5) is 0 Å². The van der Waals surface area contributed by atoms with Crippen LogP contribution in [0.3, 0.4) is 0 Å². The van der Waals surface area contributed by atoms with Crippen LogP contribution in [-0.2, 0) is 49.0 Å². The second kappa shape index (κ2) is 14.6. The molecule has 3 aromatic carbocycles. The summed E-state index contributed by atoms with van der Waals surface area (Å²) in [6, 6.07) is 24.1. The van der Waals surface area contributed by atoms with Crippen LogP contribution in [0.1, 0.15) is 47.9 Å². The van der Waals surface area contributed by atoms with E-state index in [0.717, 1.165) is 0 Å². The summed E-state index contributed by atoms with van der Waals surface area (Å²) < 4.78 is 0. The van der Waals surface area contributed by atoms with Crippen LogP contribution in [-0.4, -0.2) is 5.43 Å². The third-order valence-corrected chi connectivity index (χ3v) is 8.83. The van der Waals surface area contributed by atoms with Gasteiger partial charge in [0.05, 0.1) is 0 Å². The summed E-state index contributed by atoms with van der Waals surface area (Å²) in [5, 5.41) is 1.56. The molecular formula is C25H32Cl2SiZr. The Balaban J connectivity index is 0.000000210. The van der Waals surface area contributed by atoms with Crippen LogP contribution in [0.15, 0.2) is 66.7 Å². The zero-order chi connectivity index (χ0) is 18.9. The summed E-state index contributed by atoms with van der Waals surface area (Å²) in [5.74, 6) is 0. The maximum absolute atomic E-state index is 2.35. The standard InChI is InChI=1S/2C9H11.C7H8Si.2ClH.Zr/c2*1-2-5-9-7-3-6-8(9)4-1;1-8-7-5-3-2-4-6-7;;;/h2*3,6-7H,1-2,4-5H2;2-6H,1H3;2*1H;/q2*-1;;;;+2. The van der Waals surface area contributed by atoms with E-state index < -0.39 is 0 Å². The molecule has 0 unspecified atom stereocenters. The average Bonchev–Trinajstić information content (AvgIpc) is 3.39. The monoisotopic (exact) mass is 520 g/mol. The SMILES string of the molecule is C[Si](=[Zr+2])c1ccccc1.Cl.Cl.c1cc2c([cH-]1)CCCC2.c1cc2c([cH-]1)CCCC2. The molecule has 0 amide bonds. The van der Waals surface area contributed by atoms with E-state index in [1.165, 1.54) is 51.4 Å². The molecule has 0 N–H and O–H groups in total. The number of hydrogen-bond acceptors (Lipinski definition) is 0. The predicted molar refractivity (Wildman–Crippen MR) is 130 cm³/mol. The molecule has 0 bridgehead atoms. The van der Waals surface area contributed by atoms with Crippen molar-refractivity contribution in [2.75, 3.05) is 0 Å². The molecule has 0 atom stereocenters. The molecule has 5 rings (SSSR count). The number of rotatable bonds is 1. The molecule has 0 fully saturated rings. The van der Waals surface area contributed by atoms with E-state index in [1.807, 2.05) is 0 Å². The van der Waals surface area contributed by atoms with E-state index in [1.54, 1.807) is 50.8 Å². The van der Waals surface area contributed by atoms with Crippen molar-refractivity contribution in [3.63, 3.8) is 0 Å². The van der Waals surface area contributed by atoms with Crippen molar-refractivity contribution in [3.8, 4) is 0 Å².